The van der Waals surface area contributed by atoms with Crippen molar-refractivity contribution >= 4 is 24.9 Å². The summed E-state index contributed by atoms with van der Waals surface area (Å²) in [5.74, 6) is -1.11. The average molecular weight is 408 g/mol. The number of para-hydroxylation sites is 1. The summed E-state index contributed by atoms with van der Waals surface area (Å²) in [4.78, 5) is 37.0. The van der Waals surface area contributed by atoms with Crippen LogP contribution < -0.4 is 15.3 Å². The lowest BCUT2D eigenvalue weighted by molar-refractivity contribution is -0.120. The molecule has 0 spiro atoms. The molecule has 1 atom stereocenters. The van der Waals surface area contributed by atoms with Crippen molar-refractivity contribution in [2.75, 3.05) is 6.54 Å². The zero-order valence-electron chi connectivity index (χ0n) is 17.3. The maximum atomic E-state index is 12.5. The molecule has 30 heavy (non-hydrogen) atoms. The number of carbonyl (C=O) groups is 3. The number of hydrogen-bond donors (Lipinski definition) is 2. The van der Waals surface area contributed by atoms with Gasteiger partial charge in [0.25, 0.3) is 5.91 Å². The third kappa shape index (κ3) is 5.40. The van der Waals surface area contributed by atoms with Gasteiger partial charge in [-0.05, 0) is 43.5 Å². The summed E-state index contributed by atoms with van der Waals surface area (Å²) in [6.07, 6.45) is 0.539. The Morgan fingerprint density at radius 2 is 1.83 bits per heavy atom. The number of fused-ring (bicyclic) bond motifs is 1. The van der Waals surface area contributed by atoms with Crippen LogP contribution in [-0.4, -0.2) is 37.4 Å². The molecule has 0 fully saturated rings. The molecular formula is C22H25BN2O5. The number of amides is 2. The van der Waals surface area contributed by atoms with Crippen molar-refractivity contribution < 1.29 is 23.7 Å². The zero-order chi connectivity index (χ0) is 21.7. The van der Waals surface area contributed by atoms with Gasteiger partial charge in [-0.15, -0.1) is 0 Å². The fraction of sp³-hybridized carbons (Fsp3) is 0.318. The fourth-order valence-electron chi connectivity index (χ4n) is 3.27. The summed E-state index contributed by atoms with van der Waals surface area (Å²) in [6.45, 7) is 5.69. The molecule has 1 aliphatic heterocycles. The Kier molecular flexibility index (Phi) is 6.77. The van der Waals surface area contributed by atoms with Crippen LogP contribution >= 0.6 is 0 Å². The number of benzene rings is 2. The van der Waals surface area contributed by atoms with E-state index in [-0.39, 0.29) is 24.3 Å². The smallest absolute Gasteiger partial charge is 0.524 e. The zero-order valence-corrected chi connectivity index (χ0v) is 17.3. The normalized spacial score (nSPS) is 13.7. The topological polar surface area (TPSA) is 93.7 Å². The van der Waals surface area contributed by atoms with Crippen LogP contribution in [0.25, 0.3) is 0 Å². The van der Waals surface area contributed by atoms with Crippen LogP contribution in [0.3, 0.4) is 0 Å². The van der Waals surface area contributed by atoms with Crippen LogP contribution in [0.5, 0.6) is 5.75 Å². The second kappa shape index (κ2) is 9.48. The lowest BCUT2D eigenvalue weighted by atomic mass is 9.72. The molecule has 2 amide bonds. The van der Waals surface area contributed by atoms with E-state index in [4.69, 9.17) is 9.31 Å². The third-order valence-electron chi connectivity index (χ3n) is 4.66. The first kappa shape index (κ1) is 21.4. The molecule has 2 aromatic carbocycles. The van der Waals surface area contributed by atoms with Gasteiger partial charge in [0.05, 0.1) is 18.0 Å². The van der Waals surface area contributed by atoms with Gasteiger partial charge in [-0.2, -0.15) is 0 Å². The van der Waals surface area contributed by atoms with Gasteiger partial charge in [0.15, 0.2) is 0 Å². The number of hydrogen-bond acceptors (Lipinski definition) is 5. The molecule has 3 rings (SSSR count). The van der Waals surface area contributed by atoms with E-state index in [1.807, 2.05) is 26.8 Å². The highest BCUT2D eigenvalue weighted by molar-refractivity contribution is 6.51. The van der Waals surface area contributed by atoms with Crippen molar-refractivity contribution in [3.8, 4) is 5.75 Å². The van der Waals surface area contributed by atoms with Gasteiger partial charge >= 0.3 is 13.1 Å². The van der Waals surface area contributed by atoms with Crippen LogP contribution in [0.4, 0.5) is 0 Å². The summed E-state index contributed by atoms with van der Waals surface area (Å²) in [6, 6.07) is 13.9. The number of nitrogens with one attached hydrogen (secondary N) is 2. The van der Waals surface area contributed by atoms with Crippen molar-refractivity contribution in [3.05, 3.63) is 65.2 Å². The van der Waals surface area contributed by atoms with E-state index >= 15 is 0 Å². The molecule has 0 radical (unpaired) electrons. The van der Waals surface area contributed by atoms with Crippen LogP contribution in [0.1, 0.15) is 46.5 Å². The standard InChI is InChI=1S/C22H25BN2O5/c1-14(2)11-19(23-29-18-10-5-4-9-17(18)22(28)30-23)25-20(26)13-24-21(27)16-8-6-7-15(3)12-16/h4-10,12,14,19H,11,13H2,1-3H3,(H,24,27)(H,25,26)/t19-/m0/s1. The highest BCUT2D eigenvalue weighted by Crippen LogP contribution is 2.26. The first-order chi connectivity index (χ1) is 14.3. The highest BCUT2D eigenvalue weighted by atomic mass is 16.6. The Morgan fingerprint density at radius 3 is 2.57 bits per heavy atom. The number of aryl methyl sites for hydroxylation is 1. The molecule has 2 aromatic rings. The minimum atomic E-state index is -0.939. The average Bonchev–Trinajstić information content (AvgIpc) is 2.71. The number of carbonyl (C=O) groups excluding carboxylic acids is 3. The predicted octanol–water partition coefficient (Wildman–Crippen LogP) is 2.53. The first-order valence-electron chi connectivity index (χ1n) is 9.94. The quantitative estimate of drug-likeness (QED) is 0.687. The summed E-state index contributed by atoms with van der Waals surface area (Å²) >= 11 is 0. The second-order valence-corrected chi connectivity index (χ2v) is 7.74. The molecular weight excluding hydrogens is 383 g/mol. The van der Waals surface area contributed by atoms with Gasteiger partial charge in [0, 0.05) is 5.56 Å². The highest BCUT2D eigenvalue weighted by Gasteiger charge is 2.42. The van der Waals surface area contributed by atoms with Gasteiger partial charge in [-0.3, -0.25) is 9.59 Å². The summed E-state index contributed by atoms with van der Waals surface area (Å²) in [5.41, 5.74) is 1.80. The summed E-state index contributed by atoms with van der Waals surface area (Å²) in [7, 11) is -0.939. The maximum Gasteiger partial charge on any atom is 0.620 e. The SMILES string of the molecule is Cc1cccc(C(=O)NCC(=O)N[C@@H](CC(C)C)B2OC(=O)c3ccccc3O2)c1. The Morgan fingerprint density at radius 1 is 1.07 bits per heavy atom. The second-order valence-electron chi connectivity index (χ2n) is 7.74. The molecule has 0 bridgehead atoms. The van der Waals surface area contributed by atoms with Crippen LogP contribution in [0.2, 0.25) is 0 Å². The molecule has 7 nitrogen and oxygen atoms in total. The van der Waals surface area contributed by atoms with E-state index in [0.717, 1.165) is 5.56 Å². The first-order valence-corrected chi connectivity index (χ1v) is 9.94. The molecule has 156 valence electrons. The van der Waals surface area contributed by atoms with Crippen molar-refractivity contribution in [1.29, 1.82) is 0 Å². The molecule has 8 heteroatoms. The van der Waals surface area contributed by atoms with Gasteiger partial charge in [-0.1, -0.05) is 43.7 Å². The van der Waals surface area contributed by atoms with Gasteiger partial charge < -0.3 is 19.9 Å². The molecule has 0 aliphatic carbocycles. The van der Waals surface area contributed by atoms with E-state index in [0.29, 0.717) is 23.3 Å². The third-order valence-corrected chi connectivity index (χ3v) is 4.66. The fourth-order valence-corrected chi connectivity index (χ4v) is 3.27. The van der Waals surface area contributed by atoms with Gasteiger partial charge in [-0.25, -0.2) is 4.79 Å². The molecule has 1 aliphatic rings. The van der Waals surface area contributed by atoms with Crippen LogP contribution in [0.15, 0.2) is 48.5 Å². The molecule has 2 N–H and O–H groups in total. The van der Waals surface area contributed by atoms with Crippen LogP contribution in [-0.2, 0) is 9.45 Å². The van der Waals surface area contributed by atoms with Gasteiger partial charge in [0.2, 0.25) is 5.91 Å². The van der Waals surface area contributed by atoms with Crippen LogP contribution in [0, 0.1) is 12.8 Å². The van der Waals surface area contributed by atoms with Crippen molar-refractivity contribution in [3.63, 3.8) is 0 Å². The van der Waals surface area contributed by atoms with E-state index in [9.17, 15) is 14.4 Å². The minimum Gasteiger partial charge on any atom is -0.524 e. The minimum absolute atomic E-state index is 0.196. The van der Waals surface area contributed by atoms with Crippen molar-refractivity contribution in [2.45, 2.75) is 33.1 Å². The number of rotatable bonds is 7. The van der Waals surface area contributed by atoms with E-state index < -0.39 is 19.0 Å². The van der Waals surface area contributed by atoms with Gasteiger partial charge in [0.1, 0.15) is 5.75 Å². The predicted molar refractivity (Wildman–Crippen MR) is 113 cm³/mol. The largest absolute Gasteiger partial charge is 0.620 e. The maximum absolute atomic E-state index is 12.5. The Labute approximate surface area is 176 Å². The lowest BCUT2D eigenvalue weighted by Crippen LogP contribution is -2.55. The Bertz CT molecular complexity index is 947. The van der Waals surface area contributed by atoms with E-state index in [1.165, 1.54) is 0 Å². The Balaban J connectivity index is 1.63. The lowest BCUT2D eigenvalue weighted by Gasteiger charge is -2.29. The molecule has 1 heterocycles. The molecule has 0 aromatic heterocycles. The van der Waals surface area contributed by atoms with Crippen molar-refractivity contribution in [1.82, 2.24) is 10.6 Å². The molecule has 0 saturated heterocycles. The summed E-state index contributed by atoms with van der Waals surface area (Å²) in [5, 5.41) is 5.44. The Hall–Kier alpha value is -3.29. The van der Waals surface area contributed by atoms with E-state index in [2.05, 4.69) is 10.6 Å². The monoisotopic (exact) mass is 408 g/mol. The van der Waals surface area contributed by atoms with Crippen molar-refractivity contribution in [2.24, 2.45) is 5.92 Å². The summed E-state index contributed by atoms with van der Waals surface area (Å²) < 4.78 is 11.3. The molecule has 0 saturated carbocycles. The molecule has 0 unspecified atom stereocenters. The van der Waals surface area contributed by atoms with E-state index in [1.54, 1.807) is 42.5 Å².